The number of benzene rings is 2. The van der Waals surface area contributed by atoms with Gasteiger partial charge in [-0.2, -0.15) is 0 Å². The number of carbonyl (C=O) groups is 1. The van der Waals surface area contributed by atoms with Crippen molar-refractivity contribution in [1.82, 2.24) is 4.72 Å². The van der Waals surface area contributed by atoms with Crippen molar-refractivity contribution in [1.29, 1.82) is 0 Å². The Hall–Kier alpha value is -2.45. The Balaban J connectivity index is 1.86. The van der Waals surface area contributed by atoms with Gasteiger partial charge in [-0.15, -0.1) is 0 Å². The van der Waals surface area contributed by atoms with Gasteiger partial charge in [0, 0.05) is 24.7 Å². The number of nitrogens with one attached hydrogen (secondary N) is 2. The molecule has 0 fully saturated rings. The molecule has 0 aromatic heterocycles. The number of carbonyl (C=O) groups excluding carboxylic acids is 1. The van der Waals surface area contributed by atoms with Crippen LogP contribution in [0.1, 0.15) is 6.42 Å². The molecule has 6 nitrogen and oxygen atoms in total. The van der Waals surface area contributed by atoms with Gasteiger partial charge >= 0.3 is 0 Å². The van der Waals surface area contributed by atoms with Crippen molar-refractivity contribution < 1.29 is 22.3 Å². The van der Waals surface area contributed by atoms with Crippen LogP contribution in [0.4, 0.5) is 10.1 Å². The summed E-state index contributed by atoms with van der Waals surface area (Å²) in [6.45, 7) is -0.0678. The molecule has 8 heteroatoms. The zero-order chi connectivity index (χ0) is 17.6. The number of methoxy groups -OCH3 is 1. The second-order valence-electron chi connectivity index (χ2n) is 4.86. The van der Waals surface area contributed by atoms with Crippen LogP contribution in [0.2, 0.25) is 0 Å². The van der Waals surface area contributed by atoms with Crippen molar-refractivity contribution in [2.45, 2.75) is 11.3 Å². The van der Waals surface area contributed by atoms with Gasteiger partial charge in [-0.3, -0.25) is 4.79 Å². The fourth-order valence-corrected chi connectivity index (χ4v) is 3.00. The minimum absolute atomic E-state index is 0.0678. The maximum atomic E-state index is 13.5. The number of hydrogen-bond acceptors (Lipinski definition) is 4. The van der Waals surface area contributed by atoms with E-state index in [0.717, 1.165) is 6.07 Å². The Kier molecular flexibility index (Phi) is 5.88. The summed E-state index contributed by atoms with van der Waals surface area (Å²) in [4.78, 5) is 11.9. The van der Waals surface area contributed by atoms with Crippen molar-refractivity contribution in [2.75, 3.05) is 19.0 Å². The van der Waals surface area contributed by atoms with Crippen LogP contribution in [-0.2, 0) is 14.8 Å². The molecule has 0 aliphatic carbocycles. The second-order valence-corrected chi connectivity index (χ2v) is 6.63. The van der Waals surface area contributed by atoms with Gasteiger partial charge in [-0.1, -0.05) is 18.2 Å². The molecular formula is C16H17FN2O4S. The SMILES string of the molecule is COc1ccc(NC(=O)CCNS(=O)(=O)c2ccccc2)cc1F. The molecule has 0 atom stereocenters. The lowest BCUT2D eigenvalue weighted by Crippen LogP contribution is -2.27. The van der Waals surface area contributed by atoms with Gasteiger partial charge in [0.15, 0.2) is 11.6 Å². The van der Waals surface area contributed by atoms with Crippen molar-refractivity contribution in [3.05, 3.63) is 54.3 Å². The predicted molar refractivity (Wildman–Crippen MR) is 87.8 cm³/mol. The Labute approximate surface area is 139 Å². The number of amides is 1. The normalized spacial score (nSPS) is 11.1. The highest BCUT2D eigenvalue weighted by molar-refractivity contribution is 7.89. The predicted octanol–water partition coefficient (Wildman–Crippen LogP) is 2.14. The van der Waals surface area contributed by atoms with Gasteiger partial charge in [0.2, 0.25) is 15.9 Å². The third kappa shape index (κ3) is 4.77. The molecule has 2 N–H and O–H groups in total. The second kappa shape index (κ2) is 7.89. The third-order valence-electron chi connectivity index (χ3n) is 3.13. The summed E-state index contributed by atoms with van der Waals surface area (Å²) in [7, 11) is -2.31. The molecule has 1 amide bonds. The molecule has 0 aliphatic heterocycles. The van der Waals surface area contributed by atoms with Gasteiger partial charge < -0.3 is 10.1 Å². The fourth-order valence-electron chi connectivity index (χ4n) is 1.95. The summed E-state index contributed by atoms with van der Waals surface area (Å²) in [6, 6.07) is 11.9. The largest absolute Gasteiger partial charge is 0.494 e. The van der Waals surface area contributed by atoms with Crippen molar-refractivity contribution in [3.63, 3.8) is 0 Å². The van der Waals surface area contributed by atoms with Crippen molar-refractivity contribution >= 4 is 21.6 Å². The van der Waals surface area contributed by atoms with E-state index in [2.05, 4.69) is 10.0 Å². The highest BCUT2D eigenvalue weighted by atomic mass is 32.2. The van der Waals surface area contributed by atoms with E-state index >= 15 is 0 Å². The minimum Gasteiger partial charge on any atom is -0.494 e. The zero-order valence-corrected chi connectivity index (χ0v) is 13.8. The number of rotatable bonds is 7. The minimum atomic E-state index is -3.65. The Morgan fingerprint density at radius 1 is 1.17 bits per heavy atom. The van der Waals surface area contributed by atoms with Gasteiger partial charge in [-0.25, -0.2) is 17.5 Å². The first-order valence-electron chi connectivity index (χ1n) is 7.10. The van der Waals surface area contributed by atoms with Gasteiger partial charge in [0.05, 0.1) is 12.0 Å². The van der Waals surface area contributed by atoms with E-state index in [0.29, 0.717) is 0 Å². The molecule has 0 bridgehead atoms. The summed E-state index contributed by atoms with van der Waals surface area (Å²) in [6.07, 6.45) is -0.0836. The van der Waals surface area contributed by atoms with Crippen molar-refractivity contribution in [3.8, 4) is 5.75 Å². The smallest absolute Gasteiger partial charge is 0.240 e. The number of anilines is 1. The fraction of sp³-hybridized carbons (Fsp3) is 0.188. The maximum Gasteiger partial charge on any atom is 0.240 e. The topological polar surface area (TPSA) is 84.5 Å². The lowest BCUT2D eigenvalue weighted by molar-refractivity contribution is -0.116. The molecule has 0 heterocycles. The molecule has 2 rings (SSSR count). The molecule has 0 aliphatic rings. The maximum absolute atomic E-state index is 13.5. The van der Waals surface area contributed by atoms with Crippen LogP contribution < -0.4 is 14.8 Å². The standard InChI is InChI=1S/C16H17FN2O4S/c1-23-15-8-7-12(11-14(15)17)19-16(20)9-10-18-24(21,22)13-5-3-2-4-6-13/h2-8,11,18H,9-10H2,1H3,(H,19,20). The van der Waals surface area contributed by atoms with E-state index in [-0.39, 0.29) is 29.3 Å². The monoisotopic (exact) mass is 352 g/mol. The highest BCUT2D eigenvalue weighted by Gasteiger charge is 2.13. The molecule has 0 radical (unpaired) electrons. The van der Waals surface area contributed by atoms with E-state index in [1.54, 1.807) is 18.2 Å². The molecule has 0 saturated heterocycles. The van der Waals surface area contributed by atoms with Crippen LogP contribution in [0, 0.1) is 5.82 Å². The number of hydrogen-bond donors (Lipinski definition) is 2. The number of sulfonamides is 1. The van der Waals surface area contributed by atoms with Gasteiger partial charge in [0.1, 0.15) is 0 Å². The summed E-state index contributed by atoms with van der Waals surface area (Å²) in [5, 5.41) is 2.49. The number of halogens is 1. The Morgan fingerprint density at radius 3 is 2.50 bits per heavy atom. The Morgan fingerprint density at radius 2 is 1.88 bits per heavy atom. The lowest BCUT2D eigenvalue weighted by Gasteiger charge is -2.08. The van der Waals surface area contributed by atoms with Gasteiger partial charge in [-0.05, 0) is 24.3 Å². The third-order valence-corrected chi connectivity index (χ3v) is 4.61. The zero-order valence-electron chi connectivity index (χ0n) is 13.0. The Bertz CT molecular complexity index is 810. The highest BCUT2D eigenvalue weighted by Crippen LogP contribution is 2.20. The van der Waals surface area contributed by atoms with E-state index in [9.17, 15) is 17.6 Å². The first kappa shape index (κ1) is 17.9. The van der Waals surface area contributed by atoms with E-state index in [4.69, 9.17) is 4.74 Å². The molecule has 0 saturated carbocycles. The van der Waals surface area contributed by atoms with Crippen LogP contribution in [0.5, 0.6) is 5.75 Å². The average Bonchev–Trinajstić information content (AvgIpc) is 2.55. The summed E-state index contributed by atoms with van der Waals surface area (Å²) in [5.74, 6) is -0.959. The molecular weight excluding hydrogens is 335 g/mol. The summed E-state index contributed by atoms with van der Waals surface area (Å²) >= 11 is 0. The first-order valence-corrected chi connectivity index (χ1v) is 8.59. The lowest BCUT2D eigenvalue weighted by atomic mass is 10.2. The van der Waals surface area contributed by atoms with E-state index in [1.807, 2.05) is 0 Å². The number of ether oxygens (including phenoxy) is 1. The van der Waals surface area contributed by atoms with Crippen LogP contribution >= 0.6 is 0 Å². The summed E-state index contributed by atoms with van der Waals surface area (Å²) < 4.78 is 44.6. The van der Waals surface area contributed by atoms with Crippen molar-refractivity contribution in [2.24, 2.45) is 0 Å². The quantitative estimate of drug-likeness (QED) is 0.800. The average molecular weight is 352 g/mol. The van der Waals surface area contributed by atoms with Crippen LogP contribution in [-0.4, -0.2) is 28.0 Å². The van der Waals surface area contributed by atoms with Crippen LogP contribution in [0.15, 0.2) is 53.4 Å². The molecule has 2 aromatic carbocycles. The molecule has 2 aromatic rings. The molecule has 0 unspecified atom stereocenters. The van der Waals surface area contributed by atoms with E-state index in [1.165, 1.54) is 31.4 Å². The van der Waals surface area contributed by atoms with E-state index < -0.39 is 21.7 Å². The van der Waals surface area contributed by atoms with Crippen LogP contribution in [0.3, 0.4) is 0 Å². The molecule has 24 heavy (non-hydrogen) atoms. The van der Waals surface area contributed by atoms with Gasteiger partial charge in [0.25, 0.3) is 0 Å². The molecule has 128 valence electrons. The summed E-state index contributed by atoms with van der Waals surface area (Å²) in [5.41, 5.74) is 0.268. The first-order chi connectivity index (χ1) is 11.4. The van der Waals surface area contributed by atoms with Crippen LogP contribution in [0.25, 0.3) is 0 Å². The molecule has 0 spiro atoms.